The first-order chi connectivity index (χ1) is 8.33. The van der Waals surface area contributed by atoms with Crippen LogP contribution in [0.3, 0.4) is 0 Å². The summed E-state index contributed by atoms with van der Waals surface area (Å²) in [5.74, 6) is 0.817. The van der Waals surface area contributed by atoms with Crippen LogP contribution in [0.15, 0.2) is 37.1 Å². The van der Waals surface area contributed by atoms with Crippen LogP contribution in [0.1, 0.15) is 18.0 Å². The first-order valence-electron chi connectivity index (χ1n) is 5.31. The normalized spacial score (nSPS) is 19.3. The van der Waals surface area contributed by atoms with Crippen molar-refractivity contribution in [2.75, 3.05) is 0 Å². The monoisotopic (exact) mass is 229 g/mol. The lowest BCUT2D eigenvalue weighted by molar-refractivity contribution is -0.119. The molecule has 6 nitrogen and oxygen atoms in total. The average molecular weight is 229 g/mol. The minimum atomic E-state index is 0.00633. The third kappa shape index (κ3) is 1.90. The molecule has 0 spiro atoms. The van der Waals surface area contributed by atoms with Gasteiger partial charge in [-0.25, -0.2) is 15.4 Å². The smallest absolute Gasteiger partial charge is 0.236 e. The van der Waals surface area contributed by atoms with E-state index in [1.54, 1.807) is 18.7 Å². The molecular formula is C11H11N5O. The molecule has 86 valence electrons. The molecule has 0 radical (unpaired) electrons. The summed E-state index contributed by atoms with van der Waals surface area (Å²) in [7, 11) is 0. The Hall–Kier alpha value is -2.21. The standard InChI is InChI=1S/C11H11N5O/c17-11-5-9(14-15-11)8-1-2-10(13-6-8)16-4-3-12-7-16/h1-4,6-7,9,14H,5H2,(H,15,17). The maximum atomic E-state index is 11.1. The summed E-state index contributed by atoms with van der Waals surface area (Å²) in [5.41, 5.74) is 6.49. The molecule has 6 heteroatoms. The topological polar surface area (TPSA) is 71.8 Å². The second kappa shape index (κ2) is 3.99. The summed E-state index contributed by atoms with van der Waals surface area (Å²) in [6.07, 6.45) is 7.46. The number of hydrazine groups is 1. The van der Waals surface area contributed by atoms with E-state index in [2.05, 4.69) is 20.8 Å². The molecule has 1 unspecified atom stereocenters. The molecule has 0 saturated carbocycles. The predicted octanol–water partition coefficient (Wildman–Crippen LogP) is 0.333. The molecule has 1 saturated heterocycles. The van der Waals surface area contributed by atoms with Gasteiger partial charge >= 0.3 is 0 Å². The van der Waals surface area contributed by atoms with Crippen molar-refractivity contribution >= 4 is 5.91 Å². The van der Waals surface area contributed by atoms with Crippen LogP contribution in [0.5, 0.6) is 0 Å². The Balaban J connectivity index is 1.83. The molecule has 1 amide bonds. The number of carbonyl (C=O) groups excluding carboxylic acids is 1. The summed E-state index contributed by atoms with van der Waals surface area (Å²) in [6.45, 7) is 0. The number of nitrogens with one attached hydrogen (secondary N) is 2. The summed E-state index contributed by atoms with van der Waals surface area (Å²) in [4.78, 5) is 19.4. The first-order valence-corrected chi connectivity index (χ1v) is 5.31. The molecule has 3 rings (SSSR count). The predicted molar refractivity (Wildman–Crippen MR) is 60.0 cm³/mol. The molecule has 3 heterocycles. The van der Waals surface area contributed by atoms with Crippen molar-refractivity contribution in [3.05, 3.63) is 42.6 Å². The Morgan fingerprint density at radius 1 is 1.41 bits per heavy atom. The SMILES string of the molecule is O=C1CC(c2ccc(-n3ccnc3)nc2)NN1. The minimum Gasteiger partial charge on any atom is -0.291 e. The van der Waals surface area contributed by atoms with Crippen LogP contribution in [0.25, 0.3) is 5.82 Å². The van der Waals surface area contributed by atoms with Crippen molar-refractivity contribution in [2.45, 2.75) is 12.5 Å². The number of nitrogens with zero attached hydrogens (tertiary/aromatic N) is 3. The zero-order valence-corrected chi connectivity index (χ0v) is 9.00. The average Bonchev–Trinajstić information content (AvgIpc) is 3.00. The van der Waals surface area contributed by atoms with E-state index in [1.165, 1.54) is 0 Å². The number of hydrogen-bond donors (Lipinski definition) is 2. The van der Waals surface area contributed by atoms with Crippen molar-refractivity contribution < 1.29 is 4.79 Å². The van der Waals surface area contributed by atoms with Crippen LogP contribution < -0.4 is 10.9 Å². The molecule has 2 N–H and O–H groups in total. The van der Waals surface area contributed by atoms with Crippen molar-refractivity contribution in [1.82, 2.24) is 25.4 Å². The molecule has 0 aliphatic carbocycles. The number of aromatic nitrogens is 3. The van der Waals surface area contributed by atoms with E-state index in [0.29, 0.717) is 6.42 Å². The molecule has 0 aromatic carbocycles. The van der Waals surface area contributed by atoms with Gasteiger partial charge < -0.3 is 0 Å². The Morgan fingerprint density at radius 3 is 2.94 bits per heavy atom. The third-order valence-electron chi connectivity index (χ3n) is 2.72. The lowest BCUT2D eigenvalue weighted by Gasteiger charge is -2.09. The highest BCUT2D eigenvalue weighted by atomic mass is 16.2. The van der Waals surface area contributed by atoms with E-state index in [1.807, 2.05) is 22.9 Å². The number of imidazole rings is 1. The van der Waals surface area contributed by atoms with Crippen LogP contribution in [0.2, 0.25) is 0 Å². The number of hydrogen-bond acceptors (Lipinski definition) is 4. The fourth-order valence-corrected chi connectivity index (χ4v) is 1.81. The van der Waals surface area contributed by atoms with E-state index >= 15 is 0 Å². The van der Waals surface area contributed by atoms with E-state index < -0.39 is 0 Å². The molecule has 1 fully saturated rings. The molecule has 2 aromatic heterocycles. The van der Waals surface area contributed by atoms with E-state index in [9.17, 15) is 4.79 Å². The van der Waals surface area contributed by atoms with Gasteiger partial charge in [-0.1, -0.05) is 6.07 Å². The highest BCUT2D eigenvalue weighted by Gasteiger charge is 2.22. The molecular weight excluding hydrogens is 218 g/mol. The second-order valence-electron chi connectivity index (χ2n) is 3.87. The van der Waals surface area contributed by atoms with Gasteiger partial charge in [0.25, 0.3) is 0 Å². The highest BCUT2D eigenvalue weighted by molar-refractivity contribution is 5.78. The third-order valence-corrected chi connectivity index (χ3v) is 2.72. The maximum absolute atomic E-state index is 11.1. The van der Waals surface area contributed by atoms with Crippen LogP contribution >= 0.6 is 0 Å². The van der Waals surface area contributed by atoms with Gasteiger partial charge in [-0.2, -0.15) is 0 Å². The summed E-state index contributed by atoms with van der Waals surface area (Å²) >= 11 is 0. The zero-order chi connectivity index (χ0) is 11.7. The molecule has 1 atom stereocenters. The Labute approximate surface area is 97.7 Å². The fraction of sp³-hybridized carbons (Fsp3) is 0.182. The van der Waals surface area contributed by atoms with Gasteiger partial charge in [0.05, 0.1) is 6.04 Å². The lowest BCUT2D eigenvalue weighted by Crippen LogP contribution is -2.27. The largest absolute Gasteiger partial charge is 0.291 e. The highest BCUT2D eigenvalue weighted by Crippen LogP contribution is 2.19. The van der Waals surface area contributed by atoms with E-state index in [0.717, 1.165) is 11.4 Å². The molecule has 1 aliphatic heterocycles. The zero-order valence-electron chi connectivity index (χ0n) is 9.00. The second-order valence-corrected chi connectivity index (χ2v) is 3.87. The van der Waals surface area contributed by atoms with Gasteiger partial charge in [0.15, 0.2) is 0 Å². The number of pyridine rings is 1. The molecule has 2 aromatic rings. The Morgan fingerprint density at radius 2 is 2.35 bits per heavy atom. The minimum absolute atomic E-state index is 0.00633. The van der Waals surface area contributed by atoms with Crippen LogP contribution in [0, 0.1) is 0 Å². The van der Waals surface area contributed by atoms with E-state index in [-0.39, 0.29) is 11.9 Å². The lowest BCUT2D eigenvalue weighted by atomic mass is 10.1. The Bertz CT molecular complexity index is 519. The molecule has 1 aliphatic rings. The number of amides is 1. The van der Waals surface area contributed by atoms with Gasteiger partial charge in [0.1, 0.15) is 12.1 Å². The first kappa shape index (κ1) is 9.98. The number of rotatable bonds is 2. The van der Waals surface area contributed by atoms with Crippen molar-refractivity contribution in [3.8, 4) is 5.82 Å². The fourth-order valence-electron chi connectivity index (χ4n) is 1.81. The summed E-state index contributed by atoms with van der Waals surface area (Å²) in [5, 5.41) is 0. The maximum Gasteiger partial charge on any atom is 0.236 e. The summed E-state index contributed by atoms with van der Waals surface area (Å²) in [6, 6.07) is 3.87. The molecule has 17 heavy (non-hydrogen) atoms. The molecule has 0 bridgehead atoms. The quantitative estimate of drug-likeness (QED) is 0.778. The Kier molecular flexibility index (Phi) is 2.34. The van der Waals surface area contributed by atoms with Crippen molar-refractivity contribution in [3.63, 3.8) is 0 Å². The van der Waals surface area contributed by atoms with Crippen molar-refractivity contribution in [2.24, 2.45) is 0 Å². The van der Waals surface area contributed by atoms with Gasteiger partial charge in [-0.05, 0) is 11.6 Å². The van der Waals surface area contributed by atoms with Crippen molar-refractivity contribution in [1.29, 1.82) is 0 Å². The van der Waals surface area contributed by atoms with Crippen LogP contribution in [-0.4, -0.2) is 20.4 Å². The van der Waals surface area contributed by atoms with E-state index in [4.69, 9.17) is 0 Å². The van der Waals surface area contributed by atoms with Gasteiger partial charge in [-0.15, -0.1) is 0 Å². The number of carbonyl (C=O) groups is 1. The van der Waals surface area contributed by atoms with Gasteiger partial charge in [0, 0.05) is 25.0 Å². The summed E-state index contributed by atoms with van der Waals surface area (Å²) < 4.78 is 1.83. The van der Waals surface area contributed by atoms with Gasteiger partial charge in [-0.3, -0.25) is 14.8 Å². The van der Waals surface area contributed by atoms with Gasteiger partial charge in [0.2, 0.25) is 5.91 Å². The van der Waals surface area contributed by atoms with Crippen LogP contribution in [0.4, 0.5) is 0 Å². The van der Waals surface area contributed by atoms with Crippen LogP contribution in [-0.2, 0) is 4.79 Å².